The molecule has 0 atom stereocenters. The Hall–Kier alpha value is -1.46. The fraction of sp³-hybridized carbons (Fsp3) is 0.333. The molecule has 0 aliphatic carbocycles. The molecule has 0 aromatic carbocycles. The summed E-state index contributed by atoms with van der Waals surface area (Å²) >= 11 is 1.72. The summed E-state index contributed by atoms with van der Waals surface area (Å²) in [6.07, 6.45) is 3.67. The molecule has 2 rings (SSSR count). The van der Waals surface area contributed by atoms with E-state index in [0.717, 1.165) is 23.7 Å². The molecule has 0 spiro atoms. The van der Waals surface area contributed by atoms with Crippen molar-refractivity contribution in [2.24, 2.45) is 0 Å². The number of thiazole rings is 1. The average molecular weight is 249 g/mol. The molecule has 0 saturated heterocycles. The molecule has 2 aromatic heterocycles. The van der Waals surface area contributed by atoms with Crippen molar-refractivity contribution in [3.8, 4) is 5.88 Å². The highest BCUT2D eigenvalue weighted by Crippen LogP contribution is 2.12. The van der Waals surface area contributed by atoms with Gasteiger partial charge in [0.2, 0.25) is 5.88 Å². The molecule has 0 aliphatic heterocycles. The summed E-state index contributed by atoms with van der Waals surface area (Å²) in [5.74, 6) is 0.651. The zero-order valence-electron chi connectivity index (χ0n) is 9.93. The van der Waals surface area contributed by atoms with Gasteiger partial charge in [-0.15, -0.1) is 11.3 Å². The Bertz CT molecular complexity index is 484. The molecule has 0 unspecified atom stereocenters. The van der Waals surface area contributed by atoms with Crippen LogP contribution in [-0.4, -0.2) is 17.1 Å². The van der Waals surface area contributed by atoms with E-state index in [-0.39, 0.29) is 0 Å². The second kappa shape index (κ2) is 5.75. The van der Waals surface area contributed by atoms with Crippen LogP contribution in [0.4, 0.5) is 0 Å². The third-order valence-electron chi connectivity index (χ3n) is 2.31. The minimum atomic E-state index is 0.651. The normalized spacial score (nSPS) is 10.5. The Morgan fingerprint density at radius 3 is 2.94 bits per heavy atom. The van der Waals surface area contributed by atoms with Crippen LogP contribution in [-0.2, 0) is 13.1 Å². The van der Waals surface area contributed by atoms with Gasteiger partial charge in [0, 0.05) is 36.4 Å². The van der Waals surface area contributed by atoms with Crippen LogP contribution in [0.3, 0.4) is 0 Å². The number of pyridine rings is 1. The molecule has 0 fully saturated rings. The fourth-order valence-electron chi connectivity index (χ4n) is 1.49. The lowest BCUT2D eigenvalue weighted by Gasteiger charge is -2.04. The summed E-state index contributed by atoms with van der Waals surface area (Å²) in [5.41, 5.74) is 1.16. The zero-order chi connectivity index (χ0) is 12.1. The number of aromatic nitrogens is 2. The van der Waals surface area contributed by atoms with Gasteiger partial charge in [-0.2, -0.15) is 0 Å². The van der Waals surface area contributed by atoms with Gasteiger partial charge in [0.1, 0.15) is 0 Å². The third kappa shape index (κ3) is 3.51. The maximum absolute atomic E-state index is 5.08. The van der Waals surface area contributed by atoms with Crippen LogP contribution >= 0.6 is 11.3 Å². The number of ether oxygens (including phenoxy) is 1. The summed E-state index contributed by atoms with van der Waals surface area (Å²) in [7, 11) is 1.62. The molecule has 5 heteroatoms. The maximum Gasteiger partial charge on any atom is 0.213 e. The van der Waals surface area contributed by atoms with Crippen LogP contribution in [0.15, 0.2) is 24.5 Å². The van der Waals surface area contributed by atoms with Crippen LogP contribution in [0.1, 0.15) is 15.4 Å². The molecule has 0 bridgehead atoms. The number of methoxy groups -OCH3 is 1. The van der Waals surface area contributed by atoms with Crippen molar-refractivity contribution < 1.29 is 4.74 Å². The van der Waals surface area contributed by atoms with Gasteiger partial charge in [-0.25, -0.2) is 9.97 Å². The number of rotatable bonds is 5. The Balaban J connectivity index is 1.85. The fourth-order valence-corrected chi connectivity index (χ4v) is 2.25. The first-order valence-electron chi connectivity index (χ1n) is 5.39. The van der Waals surface area contributed by atoms with Crippen LogP contribution in [0, 0.1) is 6.92 Å². The summed E-state index contributed by atoms with van der Waals surface area (Å²) < 4.78 is 5.08. The highest BCUT2D eigenvalue weighted by molar-refractivity contribution is 7.11. The van der Waals surface area contributed by atoms with Crippen LogP contribution in [0.25, 0.3) is 0 Å². The maximum atomic E-state index is 5.08. The molecular weight excluding hydrogens is 234 g/mol. The lowest BCUT2D eigenvalue weighted by atomic mass is 10.2. The molecule has 2 aromatic rings. The number of nitrogens with zero attached hydrogens (tertiary/aromatic N) is 2. The summed E-state index contributed by atoms with van der Waals surface area (Å²) in [6, 6.07) is 3.92. The number of aryl methyl sites for hydroxylation is 1. The summed E-state index contributed by atoms with van der Waals surface area (Å²) in [4.78, 5) is 9.54. The smallest absolute Gasteiger partial charge is 0.213 e. The average Bonchev–Trinajstić information content (AvgIpc) is 2.75. The van der Waals surface area contributed by atoms with E-state index in [9.17, 15) is 0 Å². The Morgan fingerprint density at radius 1 is 1.35 bits per heavy atom. The van der Waals surface area contributed by atoms with Gasteiger partial charge in [-0.3, -0.25) is 0 Å². The molecule has 90 valence electrons. The van der Waals surface area contributed by atoms with Crippen molar-refractivity contribution in [3.63, 3.8) is 0 Å². The molecule has 0 aliphatic rings. The summed E-state index contributed by atoms with van der Waals surface area (Å²) in [5, 5.41) is 4.47. The van der Waals surface area contributed by atoms with Crippen LogP contribution in [0.2, 0.25) is 0 Å². The molecule has 2 heterocycles. The van der Waals surface area contributed by atoms with E-state index in [1.807, 2.05) is 25.3 Å². The SMILES string of the molecule is COc1cc(CNCc2cnc(C)s2)ccn1. The van der Waals surface area contributed by atoms with Gasteiger partial charge in [-0.05, 0) is 18.6 Å². The van der Waals surface area contributed by atoms with Gasteiger partial charge >= 0.3 is 0 Å². The lowest BCUT2D eigenvalue weighted by Crippen LogP contribution is -2.11. The lowest BCUT2D eigenvalue weighted by molar-refractivity contribution is 0.397. The van der Waals surface area contributed by atoms with E-state index < -0.39 is 0 Å². The van der Waals surface area contributed by atoms with E-state index in [1.165, 1.54) is 4.88 Å². The molecule has 17 heavy (non-hydrogen) atoms. The van der Waals surface area contributed by atoms with E-state index in [0.29, 0.717) is 5.88 Å². The van der Waals surface area contributed by atoms with Crippen molar-refractivity contribution in [3.05, 3.63) is 40.0 Å². The summed E-state index contributed by atoms with van der Waals surface area (Å²) in [6.45, 7) is 3.66. The Labute approximate surface area is 105 Å². The van der Waals surface area contributed by atoms with Crippen LogP contribution < -0.4 is 10.1 Å². The molecule has 4 nitrogen and oxygen atoms in total. The monoisotopic (exact) mass is 249 g/mol. The van der Waals surface area contributed by atoms with Gasteiger partial charge in [-0.1, -0.05) is 0 Å². The van der Waals surface area contributed by atoms with Crippen molar-refractivity contribution in [2.45, 2.75) is 20.0 Å². The number of nitrogens with one attached hydrogen (secondary N) is 1. The highest BCUT2D eigenvalue weighted by Gasteiger charge is 1.99. The zero-order valence-corrected chi connectivity index (χ0v) is 10.8. The third-order valence-corrected chi connectivity index (χ3v) is 3.22. The predicted octanol–water partition coefficient (Wildman–Crippen LogP) is 2.14. The van der Waals surface area contributed by atoms with Crippen molar-refractivity contribution in [2.75, 3.05) is 7.11 Å². The molecule has 1 N–H and O–H groups in total. The topological polar surface area (TPSA) is 47.0 Å². The van der Waals surface area contributed by atoms with Gasteiger partial charge in [0.15, 0.2) is 0 Å². The van der Waals surface area contributed by atoms with Crippen molar-refractivity contribution in [1.82, 2.24) is 15.3 Å². The largest absolute Gasteiger partial charge is 0.481 e. The first-order chi connectivity index (χ1) is 8.28. The number of hydrogen-bond donors (Lipinski definition) is 1. The first kappa shape index (κ1) is 12.0. The number of hydrogen-bond acceptors (Lipinski definition) is 5. The Kier molecular flexibility index (Phi) is 4.06. The first-order valence-corrected chi connectivity index (χ1v) is 6.20. The van der Waals surface area contributed by atoms with E-state index in [2.05, 4.69) is 15.3 Å². The molecular formula is C12H15N3OS. The van der Waals surface area contributed by atoms with Crippen molar-refractivity contribution >= 4 is 11.3 Å². The van der Waals surface area contributed by atoms with E-state index >= 15 is 0 Å². The van der Waals surface area contributed by atoms with Gasteiger partial charge in [0.05, 0.1) is 12.1 Å². The quantitative estimate of drug-likeness (QED) is 0.882. The van der Waals surface area contributed by atoms with Crippen LogP contribution in [0.5, 0.6) is 5.88 Å². The minimum absolute atomic E-state index is 0.651. The molecule has 0 radical (unpaired) electrons. The van der Waals surface area contributed by atoms with Crippen molar-refractivity contribution in [1.29, 1.82) is 0 Å². The second-order valence-electron chi connectivity index (χ2n) is 3.66. The minimum Gasteiger partial charge on any atom is -0.481 e. The van der Waals surface area contributed by atoms with Gasteiger partial charge < -0.3 is 10.1 Å². The van der Waals surface area contributed by atoms with E-state index in [4.69, 9.17) is 4.74 Å². The Morgan fingerprint density at radius 2 is 2.24 bits per heavy atom. The van der Waals surface area contributed by atoms with Gasteiger partial charge in [0.25, 0.3) is 0 Å². The van der Waals surface area contributed by atoms with E-state index in [1.54, 1.807) is 24.6 Å². The molecule has 0 amide bonds. The molecule has 0 saturated carbocycles. The second-order valence-corrected chi connectivity index (χ2v) is 4.97. The highest BCUT2D eigenvalue weighted by atomic mass is 32.1. The standard InChI is InChI=1S/C12H15N3OS/c1-9-15-8-11(17-9)7-13-6-10-3-4-14-12(5-10)16-2/h3-5,8,13H,6-7H2,1-2H3. The predicted molar refractivity (Wildman–Crippen MR) is 68.2 cm³/mol.